The maximum Gasteiger partial charge on any atom is 0.421 e. The van der Waals surface area contributed by atoms with Gasteiger partial charge in [0.2, 0.25) is 5.95 Å². The Balaban J connectivity index is 1.45. The summed E-state index contributed by atoms with van der Waals surface area (Å²) >= 11 is 0. The van der Waals surface area contributed by atoms with Gasteiger partial charge in [-0.3, -0.25) is 14.0 Å². The molecule has 1 unspecified atom stereocenters. The molecule has 1 amide bonds. The smallest absolute Gasteiger partial charge is 0.421 e. The Hall–Kier alpha value is -4.46. The van der Waals surface area contributed by atoms with Crippen LogP contribution in [0.15, 0.2) is 48.9 Å². The van der Waals surface area contributed by atoms with E-state index in [2.05, 4.69) is 25.7 Å². The molecule has 8 bridgehead atoms. The summed E-state index contributed by atoms with van der Waals surface area (Å²) in [5, 5.41) is 10.2. The van der Waals surface area contributed by atoms with Crippen molar-refractivity contribution in [3.63, 3.8) is 0 Å². The summed E-state index contributed by atoms with van der Waals surface area (Å²) in [4.78, 5) is 22.9. The van der Waals surface area contributed by atoms with Crippen LogP contribution in [0.1, 0.15) is 46.8 Å². The molecule has 6 heterocycles. The number of amides is 1. The second kappa shape index (κ2) is 13.0. The number of aryl methyl sites for hydroxylation is 1. The summed E-state index contributed by atoms with van der Waals surface area (Å²) in [5.41, 5.74) is 2.44. The zero-order valence-electron chi connectivity index (χ0n) is 25.9. The predicted molar refractivity (Wildman–Crippen MR) is 168 cm³/mol. The fourth-order valence-electron chi connectivity index (χ4n) is 5.61. The van der Waals surface area contributed by atoms with Crippen LogP contribution in [0.3, 0.4) is 0 Å². The molecule has 0 aliphatic carbocycles. The number of ether oxygens (including phenoxy) is 1. The van der Waals surface area contributed by atoms with Gasteiger partial charge < -0.3 is 29.3 Å². The highest BCUT2D eigenvalue weighted by Gasteiger charge is 2.37. The Morgan fingerprint density at radius 1 is 1.11 bits per heavy atom. The number of halogens is 3. The van der Waals surface area contributed by atoms with Crippen molar-refractivity contribution >= 4 is 36.6 Å². The number of nitrogens with zero attached hydrogens (tertiary/aromatic N) is 5. The molecule has 0 saturated heterocycles. The SMILES string of the molecule is CCOP1(=O)Cc2ccc(c(OC)c2)Nc2ncc(C(F)(F)F)c(n2)Nc2ccc(c3c2C(=O)N(C)C3)-c2cnn(c2)CCCCO1. The third kappa shape index (κ3) is 6.83. The van der Waals surface area contributed by atoms with Gasteiger partial charge in [0.1, 0.15) is 17.1 Å². The van der Waals surface area contributed by atoms with E-state index < -0.39 is 25.2 Å². The number of carbonyl (C=O) groups is 1. The van der Waals surface area contributed by atoms with Crippen LogP contribution in [0.5, 0.6) is 5.75 Å². The molecular formula is C31H33F3N7O5P. The standard InChI is InChI=1S/C31H33F3N7O5P/c1-4-45-47(43)18-19-7-9-24(26(13-19)44-3)38-30-35-15-23(31(32,33)34)28(39-30)37-25-10-8-21(22-17-40(2)29(42)27(22)25)20-14-36-41(16-20)11-5-6-12-46-47/h7-10,13-16H,4-6,11-12,17-18H2,1-3H3,(H2,35,37,38,39). The van der Waals surface area contributed by atoms with Crippen LogP contribution in [0.25, 0.3) is 11.1 Å². The van der Waals surface area contributed by atoms with E-state index in [-0.39, 0.29) is 49.0 Å². The number of hydrogen-bond donors (Lipinski definition) is 2. The molecule has 0 spiro atoms. The number of hydrogen-bond acceptors (Lipinski definition) is 10. The van der Waals surface area contributed by atoms with Gasteiger partial charge in [0.25, 0.3) is 5.91 Å². The molecule has 248 valence electrons. The van der Waals surface area contributed by atoms with Crippen LogP contribution < -0.4 is 15.4 Å². The minimum Gasteiger partial charge on any atom is -0.495 e. The van der Waals surface area contributed by atoms with E-state index in [1.165, 1.54) is 12.0 Å². The van der Waals surface area contributed by atoms with Crippen molar-refractivity contribution in [2.45, 2.75) is 45.2 Å². The van der Waals surface area contributed by atoms with Crippen molar-refractivity contribution in [3.8, 4) is 16.9 Å². The van der Waals surface area contributed by atoms with Gasteiger partial charge in [-0.25, -0.2) is 4.98 Å². The molecule has 47 heavy (non-hydrogen) atoms. The molecule has 4 aliphatic rings. The normalized spacial score (nSPS) is 18.5. The molecule has 0 fully saturated rings. The Labute approximate surface area is 268 Å². The highest BCUT2D eigenvalue weighted by molar-refractivity contribution is 7.53. The Morgan fingerprint density at radius 2 is 1.91 bits per heavy atom. The molecular weight excluding hydrogens is 638 g/mol. The van der Waals surface area contributed by atoms with Crippen molar-refractivity contribution in [1.82, 2.24) is 24.6 Å². The van der Waals surface area contributed by atoms with E-state index in [0.717, 1.165) is 11.1 Å². The summed E-state index contributed by atoms with van der Waals surface area (Å²) in [6.45, 7) is 2.97. The van der Waals surface area contributed by atoms with Crippen LogP contribution in [0, 0.1) is 0 Å². The molecule has 12 nitrogen and oxygen atoms in total. The summed E-state index contributed by atoms with van der Waals surface area (Å²) < 4.78 is 74.8. The molecule has 2 aromatic carbocycles. The zero-order valence-corrected chi connectivity index (χ0v) is 26.8. The fourth-order valence-corrected chi connectivity index (χ4v) is 7.32. The number of rotatable bonds is 3. The van der Waals surface area contributed by atoms with Gasteiger partial charge in [0.05, 0.1) is 49.6 Å². The number of carbonyl (C=O) groups excluding carboxylic acids is 1. The molecule has 0 radical (unpaired) electrons. The van der Waals surface area contributed by atoms with Gasteiger partial charge in [-0.05, 0) is 54.7 Å². The van der Waals surface area contributed by atoms with Gasteiger partial charge >= 0.3 is 13.8 Å². The predicted octanol–water partition coefficient (Wildman–Crippen LogP) is 6.98. The summed E-state index contributed by atoms with van der Waals surface area (Å²) in [6, 6.07) is 8.26. The lowest BCUT2D eigenvalue weighted by Gasteiger charge is -2.19. The molecule has 2 N–H and O–H groups in total. The number of fused-ring (bicyclic) bond motifs is 1. The van der Waals surface area contributed by atoms with Gasteiger partial charge in [0.15, 0.2) is 0 Å². The second-order valence-corrected chi connectivity index (χ2v) is 13.2. The zero-order chi connectivity index (χ0) is 33.3. The molecule has 4 aromatic rings. The highest BCUT2D eigenvalue weighted by atomic mass is 31.2. The molecule has 4 aliphatic heterocycles. The summed E-state index contributed by atoms with van der Waals surface area (Å²) in [6.07, 6.45) is 0.698. The Morgan fingerprint density at radius 3 is 2.68 bits per heavy atom. The number of anilines is 4. The van der Waals surface area contributed by atoms with Crippen molar-refractivity contribution in [2.75, 3.05) is 38.0 Å². The average Bonchev–Trinajstić information content (AvgIpc) is 3.61. The summed E-state index contributed by atoms with van der Waals surface area (Å²) in [5.74, 6) is -0.721. The van der Waals surface area contributed by atoms with Crippen molar-refractivity contribution in [3.05, 3.63) is 71.2 Å². The Kier molecular flexibility index (Phi) is 8.97. The van der Waals surface area contributed by atoms with Crippen LogP contribution in [0.2, 0.25) is 0 Å². The number of methoxy groups -OCH3 is 1. The molecule has 16 heteroatoms. The third-order valence-electron chi connectivity index (χ3n) is 7.84. The van der Waals surface area contributed by atoms with Crippen molar-refractivity contribution in [1.29, 1.82) is 0 Å². The largest absolute Gasteiger partial charge is 0.495 e. The van der Waals surface area contributed by atoms with E-state index in [9.17, 15) is 22.5 Å². The van der Waals surface area contributed by atoms with Gasteiger partial charge in [-0.1, -0.05) is 12.1 Å². The first-order valence-corrected chi connectivity index (χ1v) is 16.7. The second-order valence-electron chi connectivity index (χ2n) is 11.1. The van der Waals surface area contributed by atoms with Gasteiger partial charge in [-0.15, -0.1) is 0 Å². The summed E-state index contributed by atoms with van der Waals surface area (Å²) in [7, 11) is -0.452. The van der Waals surface area contributed by atoms with Crippen LogP contribution in [-0.2, 0) is 39.0 Å². The quantitative estimate of drug-likeness (QED) is 0.220. The van der Waals surface area contributed by atoms with Crippen molar-refractivity contribution in [2.24, 2.45) is 0 Å². The van der Waals surface area contributed by atoms with Gasteiger partial charge in [-0.2, -0.15) is 23.3 Å². The van der Waals surface area contributed by atoms with Crippen LogP contribution >= 0.6 is 7.60 Å². The third-order valence-corrected chi connectivity index (χ3v) is 9.82. The minimum absolute atomic E-state index is 0.0133. The lowest BCUT2D eigenvalue weighted by atomic mass is 9.97. The first kappa shape index (κ1) is 32.5. The lowest BCUT2D eigenvalue weighted by molar-refractivity contribution is -0.137. The van der Waals surface area contributed by atoms with Crippen molar-refractivity contribution < 1.29 is 36.3 Å². The van der Waals surface area contributed by atoms with E-state index in [0.29, 0.717) is 48.1 Å². The topological polar surface area (TPSA) is 133 Å². The van der Waals surface area contributed by atoms with E-state index >= 15 is 0 Å². The molecule has 8 rings (SSSR count). The monoisotopic (exact) mass is 671 g/mol. The fraction of sp³-hybridized carbons (Fsp3) is 0.355. The van der Waals surface area contributed by atoms with Gasteiger partial charge in [0, 0.05) is 38.1 Å². The Bertz CT molecular complexity index is 1870. The first-order valence-electron chi connectivity index (χ1n) is 15.0. The highest BCUT2D eigenvalue weighted by Crippen LogP contribution is 2.52. The van der Waals surface area contributed by atoms with E-state index in [4.69, 9.17) is 13.8 Å². The maximum atomic E-state index is 14.2. The number of aromatic nitrogens is 4. The molecule has 2 aromatic heterocycles. The molecule has 0 saturated carbocycles. The van der Waals surface area contributed by atoms with Crippen LogP contribution in [-0.4, -0.2) is 57.9 Å². The number of alkyl halides is 3. The average molecular weight is 672 g/mol. The number of nitrogens with one attached hydrogen (secondary N) is 2. The minimum atomic E-state index is -4.79. The first-order chi connectivity index (χ1) is 22.5. The van der Waals surface area contributed by atoms with E-state index in [1.54, 1.807) is 55.2 Å². The maximum absolute atomic E-state index is 14.2. The van der Waals surface area contributed by atoms with Crippen LogP contribution in [0.4, 0.5) is 36.3 Å². The van der Waals surface area contributed by atoms with E-state index in [1.807, 2.05) is 6.20 Å². The molecule has 1 atom stereocenters. The number of benzene rings is 2. The lowest BCUT2D eigenvalue weighted by Crippen LogP contribution is -2.18.